The number of aryl methyl sites for hydroxylation is 1. The minimum atomic E-state index is 0.00372. The molecule has 6 heteroatoms. The van der Waals surface area contributed by atoms with Crippen LogP contribution in [-0.2, 0) is 19.4 Å². The number of nitrogens with zero attached hydrogens (tertiary/aromatic N) is 3. The smallest absolute Gasteiger partial charge is 0.317 e. The highest BCUT2D eigenvalue weighted by Crippen LogP contribution is 2.22. The molecule has 2 N–H and O–H groups in total. The second kappa shape index (κ2) is 9.22. The van der Waals surface area contributed by atoms with Gasteiger partial charge in [0.25, 0.3) is 0 Å². The number of piperidine rings is 1. The molecule has 0 spiro atoms. The number of carbonyl (C=O) groups is 1. The number of fused-ring (bicyclic) bond motifs is 1. The molecule has 25 heavy (non-hydrogen) atoms. The number of hydrogen-bond acceptors (Lipinski definition) is 3. The quantitative estimate of drug-likeness (QED) is 0.614. The lowest BCUT2D eigenvalue weighted by Gasteiger charge is -2.26. The van der Waals surface area contributed by atoms with Crippen LogP contribution in [0.25, 0.3) is 0 Å². The summed E-state index contributed by atoms with van der Waals surface area (Å²) in [6.07, 6.45) is 11.0. The molecule has 0 atom stereocenters. The summed E-state index contributed by atoms with van der Waals surface area (Å²) in [6.45, 7) is 4.87. The number of hydrogen-bond donors (Lipinski definition) is 2. The van der Waals surface area contributed by atoms with Crippen molar-refractivity contribution in [3.63, 3.8) is 0 Å². The van der Waals surface area contributed by atoms with Crippen LogP contribution in [0.4, 0.5) is 4.79 Å². The second-order valence-corrected chi connectivity index (χ2v) is 7.53. The Morgan fingerprint density at radius 2 is 1.92 bits per heavy atom. The highest BCUT2D eigenvalue weighted by Gasteiger charge is 2.18. The van der Waals surface area contributed by atoms with E-state index in [1.54, 1.807) is 4.90 Å². The molecule has 0 saturated carbocycles. The first kappa shape index (κ1) is 18.2. The van der Waals surface area contributed by atoms with E-state index in [0.29, 0.717) is 6.54 Å². The maximum atomic E-state index is 12.3. The van der Waals surface area contributed by atoms with E-state index in [4.69, 9.17) is 0 Å². The summed E-state index contributed by atoms with van der Waals surface area (Å²) in [5.74, 6) is 0. The van der Waals surface area contributed by atoms with Gasteiger partial charge in [0.15, 0.2) is 0 Å². The Morgan fingerprint density at radius 3 is 2.76 bits per heavy atom. The van der Waals surface area contributed by atoms with Gasteiger partial charge in [0.05, 0.1) is 12.2 Å². The van der Waals surface area contributed by atoms with Crippen molar-refractivity contribution in [3.8, 4) is 0 Å². The molecule has 6 nitrogen and oxygen atoms in total. The van der Waals surface area contributed by atoms with Gasteiger partial charge in [-0.25, -0.2) is 4.79 Å². The summed E-state index contributed by atoms with van der Waals surface area (Å²) in [5.41, 5.74) is 3.67. The van der Waals surface area contributed by atoms with Crippen LogP contribution in [0.3, 0.4) is 0 Å². The van der Waals surface area contributed by atoms with Gasteiger partial charge in [0.2, 0.25) is 0 Å². The number of H-pyrrole nitrogens is 1. The number of likely N-dealkylation sites (tertiary alicyclic amines) is 1. The van der Waals surface area contributed by atoms with Gasteiger partial charge in [-0.15, -0.1) is 0 Å². The highest BCUT2D eigenvalue weighted by molar-refractivity contribution is 5.73. The number of urea groups is 1. The molecule has 1 aliphatic carbocycles. The zero-order valence-corrected chi connectivity index (χ0v) is 15.6. The monoisotopic (exact) mass is 347 g/mol. The Balaban J connectivity index is 1.39. The van der Waals surface area contributed by atoms with Crippen LogP contribution >= 0.6 is 0 Å². The highest BCUT2D eigenvalue weighted by atomic mass is 16.2. The lowest BCUT2D eigenvalue weighted by atomic mass is 10.1. The molecule has 0 bridgehead atoms. The molecule has 0 aromatic carbocycles. The molecule has 2 aliphatic rings. The Morgan fingerprint density at radius 1 is 1.16 bits per heavy atom. The Hall–Kier alpha value is -1.56. The fourth-order valence-electron chi connectivity index (χ4n) is 3.97. The Labute approximate surface area is 151 Å². The van der Waals surface area contributed by atoms with Gasteiger partial charge in [-0.1, -0.05) is 12.8 Å². The lowest BCUT2D eigenvalue weighted by molar-refractivity contribution is 0.202. The van der Waals surface area contributed by atoms with Gasteiger partial charge in [-0.2, -0.15) is 5.10 Å². The van der Waals surface area contributed by atoms with Gasteiger partial charge < -0.3 is 15.1 Å². The first-order valence-corrected chi connectivity index (χ1v) is 10.0. The van der Waals surface area contributed by atoms with Crippen molar-refractivity contribution in [1.82, 2.24) is 25.3 Å². The molecule has 0 unspecified atom stereocenters. The molecule has 1 aromatic heterocycles. The van der Waals surface area contributed by atoms with E-state index in [1.165, 1.54) is 62.9 Å². The second-order valence-electron chi connectivity index (χ2n) is 7.53. The summed E-state index contributed by atoms with van der Waals surface area (Å²) in [7, 11) is 1.86. The molecule has 140 valence electrons. The summed E-state index contributed by atoms with van der Waals surface area (Å²) < 4.78 is 0. The first-order chi connectivity index (χ1) is 12.2. The largest absolute Gasteiger partial charge is 0.338 e. The Bertz CT molecular complexity index is 550. The molecule has 1 aromatic rings. The average molecular weight is 348 g/mol. The van der Waals surface area contributed by atoms with Gasteiger partial charge in [0, 0.05) is 19.3 Å². The minimum absolute atomic E-state index is 0.00372. The van der Waals surface area contributed by atoms with E-state index >= 15 is 0 Å². The van der Waals surface area contributed by atoms with Crippen LogP contribution in [0.1, 0.15) is 61.9 Å². The van der Waals surface area contributed by atoms with Crippen LogP contribution in [0, 0.1) is 0 Å². The zero-order valence-electron chi connectivity index (χ0n) is 15.6. The molecule has 2 heterocycles. The van der Waals surface area contributed by atoms with Gasteiger partial charge in [-0.3, -0.25) is 5.10 Å². The standard InChI is InChI=1S/C19H33N5O/c1-23(15-18-16-9-4-2-5-10-17(16)21-22-18)19(25)20-11-8-14-24-12-6-3-7-13-24/h2-15H2,1H3,(H,20,25)(H,21,22). The fraction of sp³-hybridized carbons (Fsp3) is 0.789. The number of aromatic nitrogens is 2. The summed E-state index contributed by atoms with van der Waals surface area (Å²) in [4.78, 5) is 16.6. The molecular formula is C19H33N5O. The van der Waals surface area contributed by atoms with Crippen molar-refractivity contribution in [2.45, 2.75) is 64.3 Å². The van der Waals surface area contributed by atoms with Crippen molar-refractivity contribution < 1.29 is 4.79 Å². The number of aromatic amines is 1. The molecule has 2 amide bonds. The first-order valence-electron chi connectivity index (χ1n) is 10.0. The van der Waals surface area contributed by atoms with Crippen LogP contribution in [0.5, 0.6) is 0 Å². The zero-order chi connectivity index (χ0) is 17.5. The van der Waals surface area contributed by atoms with Gasteiger partial charge in [0.1, 0.15) is 0 Å². The predicted octanol–water partition coefficient (Wildman–Crippen LogP) is 2.70. The predicted molar refractivity (Wildman–Crippen MR) is 99.6 cm³/mol. The van der Waals surface area contributed by atoms with E-state index in [1.807, 2.05) is 7.05 Å². The van der Waals surface area contributed by atoms with E-state index in [2.05, 4.69) is 20.4 Å². The van der Waals surface area contributed by atoms with Crippen LogP contribution < -0.4 is 5.32 Å². The fourth-order valence-corrected chi connectivity index (χ4v) is 3.97. The van der Waals surface area contributed by atoms with Crippen molar-refractivity contribution in [3.05, 3.63) is 17.0 Å². The van der Waals surface area contributed by atoms with Crippen molar-refractivity contribution in [1.29, 1.82) is 0 Å². The van der Waals surface area contributed by atoms with E-state index in [9.17, 15) is 4.79 Å². The Kier molecular flexibility index (Phi) is 6.73. The molecule has 3 rings (SSSR count). The maximum absolute atomic E-state index is 12.3. The third-order valence-corrected chi connectivity index (χ3v) is 5.50. The van der Waals surface area contributed by atoms with Crippen LogP contribution in [0.2, 0.25) is 0 Å². The van der Waals surface area contributed by atoms with E-state index < -0.39 is 0 Å². The number of amides is 2. The maximum Gasteiger partial charge on any atom is 0.317 e. The van der Waals surface area contributed by atoms with Crippen LogP contribution in [-0.4, -0.2) is 59.3 Å². The van der Waals surface area contributed by atoms with Crippen molar-refractivity contribution >= 4 is 6.03 Å². The summed E-state index contributed by atoms with van der Waals surface area (Å²) in [6, 6.07) is 0.00372. The SMILES string of the molecule is CN(Cc1n[nH]c2c1CCCCC2)C(=O)NCCCN1CCCCC1. The average Bonchev–Trinajstić information content (AvgIpc) is 2.86. The van der Waals surface area contributed by atoms with Crippen LogP contribution in [0.15, 0.2) is 0 Å². The van der Waals surface area contributed by atoms with Gasteiger partial charge in [-0.05, 0) is 70.1 Å². The van der Waals surface area contributed by atoms with Crippen molar-refractivity contribution in [2.75, 3.05) is 33.2 Å². The molecule has 1 aliphatic heterocycles. The number of nitrogens with one attached hydrogen (secondary N) is 2. The third-order valence-electron chi connectivity index (χ3n) is 5.50. The summed E-state index contributed by atoms with van der Waals surface area (Å²) in [5, 5.41) is 10.7. The van der Waals surface area contributed by atoms with E-state index in [-0.39, 0.29) is 6.03 Å². The molecule has 0 radical (unpaired) electrons. The van der Waals surface area contributed by atoms with Crippen molar-refractivity contribution in [2.24, 2.45) is 0 Å². The normalized spacial score (nSPS) is 18.4. The topological polar surface area (TPSA) is 64.3 Å². The molecule has 1 fully saturated rings. The summed E-state index contributed by atoms with van der Waals surface area (Å²) >= 11 is 0. The number of rotatable bonds is 6. The third kappa shape index (κ3) is 5.21. The molecule has 1 saturated heterocycles. The van der Waals surface area contributed by atoms with Gasteiger partial charge >= 0.3 is 6.03 Å². The lowest BCUT2D eigenvalue weighted by Crippen LogP contribution is -2.39. The van der Waals surface area contributed by atoms with E-state index in [0.717, 1.165) is 38.0 Å². The molecular weight excluding hydrogens is 314 g/mol. The minimum Gasteiger partial charge on any atom is -0.338 e. The number of carbonyl (C=O) groups excluding carboxylic acids is 1.